The van der Waals surface area contributed by atoms with Gasteiger partial charge in [0, 0.05) is 6.42 Å². The van der Waals surface area contributed by atoms with E-state index in [-0.39, 0.29) is 5.75 Å². The van der Waals surface area contributed by atoms with Crippen LogP contribution in [0.1, 0.15) is 18.4 Å². The molecule has 0 aliphatic rings. The number of alkyl halides is 3. The minimum absolute atomic E-state index is 0.278. The number of carboxylic acids is 1. The summed E-state index contributed by atoms with van der Waals surface area (Å²) in [5.74, 6) is -2.50. The normalized spacial score (nSPS) is 14.3. The summed E-state index contributed by atoms with van der Waals surface area (Å²) in [6, 6.07) is 4.35. The Morgan fingerprint density at radius 2 is 1.71 bits per heavy atom. The molecule has 5 nitrogen and oxygen atoms in total. The first kappa shape index (κ1) is 17.0. The Kier molecular flexibility index (Phi) is 4.95. The van der Waals surface area contributed by atoms with E-state index in [9.17, 15) is 27.9 Å². The Morgan fingerprint density at radius 1 is 1.19 bits per heavy atom. The number of Topliss-reactive ketones (excluding diaryl/α,β-unsaturated/α-hetero) is 1. The zero-order valence-corrected chi connectivity index (χ0v) is 11.0. The second-order valence-electron chi connectivity index (χ2n) is 4.37. The Hall–Kier alpha value is -2.09. The number of carbonyl (C=O) groups excluding carboxylic acids is 1. The van der Waals surface area contributed by atoms with Crippen molar-refractivity contribution in [2.45, 2.75) is 24.6 Å². The molecule has 0 aliphatic heterocycles. The average Bonchev–Trinajstić information content (AvgIpc) is 2.36. The van der Waals surface area contributed by atoms with Gasteiger partial charge < -0.3 is 14.9 Å². The third-order valence-corrected chi connectivity index (χ3v) is 2.84. The summed E-state index contributed by atoms with van der Waals surface area (Å²) in [4.78, 5) is 21.7. The fraction of sp³-hybridized carbons (Fsp3) is 0.385. The molecule has 21 heavy (non-hydrogen) atoms. The second-order valence-corrected chi connectivity index (χ2v) is 4.37. The van der Waals surface area contributed by atoms with Crippen molar-refractivity contribution in [2.75, 3.05) is 7.11 Å². The molecule has 116 valence electrons. The van der Waals surface area contributed by atoms with Gasteiger partial charge in [-0.1, -0.05) is 12.1 Å². The summed E-state index contributed by atoms with van der Waals surface area (Å²) in [6.07, 6.45) is -7.58. The third kappa shape index (κ3) is 3.94. The Bertz CT molecular complexity index is 524. The lowest BCUT2D eigenvalue weighted by Crippen LogP contribution is -2.44. The van der Waals surface area contributed by atoms with Crippen LogP contribution < -0.4 is 4.74 Å². The summed E-state index contributed by atoms with van der Waals surface area (Å²) in [7, 11) is 1.32. The van der Waals surface area contributed by atoms with Crippen molar-refractivity contribution in [1.29, 1.82) is 0 Å². The maximum Gasteiger partial charge on any atom is 0.421 e. The van der Waals surface area contributed by atoms with Gasteiger partial charge in [-0.2, -0.15) is 13.2 Å². The molecule has 8 heteroatoms. The summed E-state index contributed by atoms with van der Waals surface area (Å²) >= 11 is 0. The number of halogens is 3. The molecule has 1 atom stereocenters. The zero-order chi connectivity index (χ0) is 16.3. The molecule has 0 radical (unpaired) electrons. The van der Waals surface area contributed by atoms with Crippen LogP contribution in [0.25, 0.3) is 0 Å². The number of ether oxygens (including phenoxy) is 1. The standard InChI is InChI=1S/C13H13F3O5/c1-21-10-4-2-8(3-5-10)12(20,13(14,15)16)7-9(17)6-11(18)19/h2-5,20H,6-7H2,1H3,(H,18,19). The Labute approximate surface area is 118 Å². The second kappa shape index (κ2) is 6.13. The number of hydrogen-bond donors (Lipinski definition) is 2. The van der Waals surface area contributed by atoms with Crippen LogP contribution in [0.4, 0.5) is 13.2 Å². The first-order chi connectivity index (χ1) is 9.60. The molecule has 0 amide bonds. The number of ketones is 1. The van der Waals surface area contributed by atoms with Crippen LogP contribution >= 0.6 is 0 Å². The number of hydrogen-bond acceptors (Lipinski definition) is 4. The van der Waals surface area contributed by atoms with E-state index in [4.69, 9.17) is 9.84 Å². The fourth-order valence-corrected chi connectivity index (χ4v) is 1.75. The van der Waals surface area contributed by atoms with Gasteiger partial charge in [0.15, 0.2) is 5.60 Å². The number of carboxylic acid groups (broad SMARTS) is 1. The number of rotatable bonds is 6. The van der Waals surface area contributed by atoms with E-state index in [1.54, 1.807) is 0 Å². The Balaban J connectivity index is 3.14. The van der Waals surface area contributed by atoms with Gasteiger partial charge in [-0.05, 0) is 17.7 Å². The SMILES string of the molecule is COc1ccc(C(O)(CC(=O)CC(=O)O)C(F)(F)F)cc1. The van der Waals surface area contributed by atoms with Gasteiger partial charge in [0.05, 0.1) is 7.11 Å². The van der Waals surface area contributed by atoms with Gasteiger partial charge in [0.1, 0.15) is 18.0 Å². The van der Waals surface area contributed by atoms with E-state index in [1.165, 1.54) is 19.2 Å². The van der Waals surface area contributed by atoms with Gasteiger partial charge in [0.25, 0.3) is 0 Å². The smallest absolute Gasteiger partial charge is 0.421 e. The predicted octanol–water partition coefficient (Wildman–Crippen LogP) is 1.88. The lowest BCUT2D eigenvalue weighted by atomic mass is 9.87. The number of benzene rings is 1. The molecule has 0 saturated carbocycles. The van der Waals surface area contributed by atoms with Gasteiger partial charge >= 0.3 is 12.1 Å². The number of methoxy groups -OCH3 is 1. The van der Waals surface area contributed by atoms with E-state index in [0.717, 1.165) is 12.1 Å². The van der Waals surface area contributed by atoms with Crippen LogP contribution in [0.2, 0.25) is 0 Å². The molecule has 0 heterocycles. The van der Waals surface area contributed by atoms with Gasteiger partial charge in [-0.25, -0.2) is 0 Å². The summed E-state index contributed by atoms with van der Waals surface area (Å²) < 4.78 is 44.1. The molecule has 0 saturated heterocycles. The molecule has 0 aliphatic carbocycles. The van der Waals surface area contributed by atoms with Gasteiger partial charge in [-0.3, -0.25) is 9.59 Å². The molecular weight excluding hydrogens is 293 g/mol. The van der Waals surface area contributed by atoms with Crippen molar-refractivity contribution in [1.82, 2.24) is 0 Å². The summed E-state index contributed by atoms with van der Waals surface area (Å²) in [5.41, 5.74) is -4.00. The van der Waals surface area contributed by atoms with Crippen LogP contribution in [0.5, 0.6) is 5.75 Å². The highest BCUT2D eigenvalue weighted by Gasteiger charge is 2.55. The van der Waals surface area contributed by atoms with Crippen LogP contribution in [0.3, 0.4) is 0 Å². The van der Waals surface area contributed by atoms with Crippen LogP contribution in [0, 0.1) is 0 Å². The quantitative estimate of drug-likeness (QED) is 0.784. The van der Waals surface area contributed by atoms with E-state index in [2.05, 4.69) is 0 Å². The molecule has 0 bridgehead atoms. The van der Waals surface area contributed by atoms with Crippen LogP contribution in [0.15, 0.2) is 24.3 Å². The van der Waals surface area contributed by atoms with Crippen LogP contribution in [-0.2, 0) is 15.2 Å². The summed E-state index contributed by atoms with van der Waals surface area (Å²) in [5, 5.41) is 18.3. The van der Waals surface area contributed by atoms with Gasteiger partial charge in [0.2, 0.25) is 0 Å². The van der Waals surface area contributed by atoms with Crippen molar-refractivity contribution in [3.63, 3.8) is 0 Å². The molecule has 0 aromatic heterocycles. The zero-order valence-electron chi connectivity index (χ0n) is 11.0. The van der Waals surface area contributed by atoms with Crippen molar-refractivity contribution in [3.8, 4) is 5.75 Å². The Morgan fingerprint density at radius 3 is 2.10 bits per heavy atom. The highest BCUT2D eigenvalue weighted by atomic mass is 19.4. The van der Waals surface area contributed by atoms with E-state index in [0.29, 0.717) is 0 Å². The minimum Gasteiger partial charge on any atom is -0.497 e. The number of carbonyl (C=O) groups is 2. The van der Waals surface area contributed by atoms with Crippen molar-refractivity contribution < 1.29 is 37.7 Å². The highest BCUT2D eigenvalue weighted by Crippen LogP contribution is 2.42. The van der Waals surface area contributed by atoms with Gasteiger partial charge in [-0.15, -0.1) is 0 Å². The molecular formula is C13H13F3O5. The molecule has 0 fully saturated rings. The summed E-state index contributed by atoms with van der Waals surface area (Å²) in [6.45, 7) is 0. The lowest BCUT2D eigenvalue weighted by Gasteiger charge is -2.30. The molecule has 2 N–H and O–H groups in total. The predicted molar refractivity (Wildman–Crippen MR) is 64.8 cm³/mol. The fourth-order valence-electron chi connectivity index (χ4n) is 1.75. The van der Waals surface area contributed by atoms with E-state index < -0.39 is 41.9 Å². The monoisotopic (exact) mass is 306 g/mol. The molecule has 1 unspecified atom stereocenters. The maximum atomic E-state index is 13.1. The van der Waals surface area contributed by atoms with Crippen LogP contribution in [-0.4, -0.2) is 35.3 Å². The van der Waals surface area contributed by atoms with Crippen molar-refractivity contribution >= 4 is 11.8 Å². The number of aliphatic hydroxyl groups is 1. The molecule has 1 aromatic rings. The largest absolute Gasteiger partial charge is 0.497 e. The van der Waals surface area contributed by atoms with Crippen molar-refractivity contribution in [3.05, 3.63) is 29.8 Å². The van der Waals surface area contributed by atoms with E-state index in [1.807, 2.05) is 0 Å². The molecule has 1 rings (SSSR count). The maximum absolute atomic E-state index is 13.1. The first-order valence-corrected chi connectivity index (χ1v) is 5.77. The average molecular weight is 306 g/mol. The minimum atomic E-state index is -5.13. The topological polar surface area (TPSA) is 83.8 Å². The van der Waals surface area contributed by atoms with Crippen molar-refractivity contribution in [2.24, 2.45) is 0 Å². The van der Waals surface area contributed by atoms with E-state index >= 15 is 0 Å². The molecule has 1 aromatic carbocycles. The highest BCUT2D eigenvalue weighted by molar-refractivity contribution is 5.95. The third-order valence-electron chi connectivity index (χ3n) is 2.84. The molecule has 0 spiro atoms. The number of aliphatic carboxylic acids is 1. The first-order valence-electron chi connectivity index (χ1n) is 5.77. The lowest BCUT2D eigenvalue weighted by molar-refractivity contribution is -0.267.